The van der Waals surface area contributed by atoms with Gasteiger partial charge in [0.1, 0.15) is 23.0 Å². The summed E-state index contributed by atoms with van der Waals surface area (Å²) < 4.78 is 12.3. The first-order valence-electron chi connectivity index (χ1n) is 6.16. The normalized spacial score (nSPS) is 10.5. The molecule has 2 N–H and O–H groups in total. The van der Waals surface area contributed by atoms with Crippen molar-refractivity contribution in [3.8, 4) is 22.8 Å². The van der Waals surface area contributed by atoms with Crippen molar-refractivity contribution in [1.82, 2.24) is 9.78 Å². The maximum atomic E-state index is 6.03. The molecule has 1 heterocycles. The van der Waals surface area contributed by atoms with Gasteiger partial charge in [0, 0.05) is 24.2 Å². The Labute approximate surface area is 112 Å². The predicted octanol–water partition coefficient (Wildman–Crippen LogP) is 2.25. The number of rotatable bonds is 4. The van der Waals surface area contributed by atoms with Crippen molar-refractivity contribution in [2.75, 3.05) is 20.0 Å². The average molecular weight is 261 g/mol. The Morgan fingerprint density at radius 2 is 2.00 bits per heavy atom. The highest BCUT2D eigenvalue weighted by molar-refractivity contribution is 5.74. The minimum absolute atomic E-state index is 0.690. The highest BCUT2D eigenvalue weighted by Gasteiger charge is 2.17. The Hall–Kier alpha value is -2.17. The van der Waals surface area contributed by atoms with Crippen LogP contribution in [0.3, 0.4) is 0 Å². The van der Waals surface area contributed by atoms with E-state index in [-0.39, 0.29) is 0 Å². The Kier molecular flexibility index (Phi) is 3.64. The SMILES string of the molecule is CCc1c(-c2ccc(OC)cc2OC)nn(C)c1N. The number of hydrogen-bond donors (Lipinski definition) is 1. The Morgan fingerprint density at radius 1 is 1.26 bits per heavy atom. The molecule has 0 aliphatic carbocycles. The molecule has 1 aromatic carbocycles. The Balaban J connectivity index is 2.61. The van der Waals surface area contributed by atoms with Crippen LogP contribution in [0.2, 0.25) is 0 Å². The second-order valence-electron chi connectivity index (χ2n) is 4.26. The fourth-order valence-electron chi connectivity index (χ4n) is 2.14. The van der Waals surface area contributed by atoms with Crippen LogP contribution < -0.4 is 15.2 Å². The summed E-state index contributed by atoms with van der Waals surface area (Å²) in [6.45, 7) is 2.06. The minimum atomic E-state index is 0.690. The predicted molar refractivity (Wildman–Crippen MR) is 75.5 cm³/mol. The maximum Gasteiger partial charge on any atom is 0.132 e. The summed E-state index contributed by atoms with van der Waals surface area (Å²) in [5.74, 6) is 2.17. The average Bonchev–Trinajstić information content (AvgIpc) is 2.73. The van der Waals surface area contributed by atoms with E-state index < -0.39 is 0 Å². The van der Waals surface area contributed by atoms with Gasteiger partial charge in [-0.25, -0.2) is 0 Å². The molecule has 0 unspecified atom stereocenters. The van der Waals surface area contributed by atoms with Gasteiger partial charge >= 0.3 is 0 Å². The van der Waals surface area contributed by atoms with Gasteiger partial charge < -0.3 is 15.2 Å². The lowest BCUT2D eigenvalue weighted by molar-refractivity contribution is 0.395. The van der Waals surface area contributed by atoms with E-state index in [9.17, 15) is 0 Å². The van der Waals surface area contributed by atoms with Crippen LogP contribution in [-0.4, -0.2) is 24.0 Å². The van der Waals surface area contributed by atoms with Crippen LogP contribution in [-0.2, 0) is 13.5 Å². The van der Waals surface area contributed by atoms with Crippen LogP contribution in [0.5, 0.6) is 11.5 Å². The maximum absolute atomic E-state index is 6.03. The largest absolute Gasteiger partial charge is 0.497 e. The molecule has 2 aromatic rings. The van der Waals surface area contributed by atoms with Gasteiger partial charge in [0.05, 0.1) is 14.2 Å². The molecule has 0 atom stereocenters. The lowest BCUT2D eigenvalue weighted by Crippen LogP contribution is -1.98. The van der Waals surface area contributed by atoms with Crippen molar-refractivity contribution < 1.29 is 9.47 Å². The number of nitrogens with two attached hydrogens (primary N) is 1. The second kappa shape index (κ2) is 5.22. The zero-order valence-corrected chi connectivity index (χ0v) is 11.7. The van der Waals surface area contributed by atoms with Crippen LogP contribution in [0, 0.1) is 0 Å². The quantitative estimate of drug-likeness (QED) is 0.917. The number of aromatic nitrogens is 2. The first-order valence-corrected chi connectivity index (χ1v) is 6.16. The van der Waals surface area contributed by atoms with Crippen molar-refractivity contribution in [3.05, 3.63) is 23.8 Å². The summed E-state index contributed by atoms with van der Waals surface area (Å²) in [5.41, 5.74) is 8.85. The summed E-state index contributed by atoms with van der Waals surface area (Å²) in [7, 11) is 5.11. The van der Waals surface area contributed by atoms with Crippen LogP contribution in [0.1, 0.15) is 12.5 Å². The van der Waals surface area contributed by atoms with E-state index in [0.717, 1.165) is 34.7 Å². The zero-order chi connectivity index (χ0) is 14.0. The van der Waals surface area contributed by atoms with E-state index in [1.807, 2.05) is 25.2 Å². The summed E-state index contributed by atoms with van der Waals surface area (Å²) in [5, 5.41) is 4.49. The molecular weight excluding hydrogens is 242 g/mol. The van der Waals surface area contributed by atoms with Gasteiger partial charge in [-0.05, 0) is 18.6 Å². The molecule has 1 aromatic heterocycles. The molecule has 0 aliphatic heterocycles. The van der Waals surface area contributed by atoms with E-state index in [2.05, 4.69) is 12.0 Å². The summed E-state index contributed by atoms with van der Waals surface area (Å²) in [6.07, 6.45) is 0.824. The number of ether oxygens (including phenoxy) is 2. The molecule has 0 saturated heterocycles. The first kappa shape index (κ1) is 13.3. The molecule has 0 fully saturated rings. The van der Waals surface area contributed by atoms with Crippen molar-refractivity contribution in [1.29, 1.82) is 0 Å². The molecule has 0 spiro atoms. The lowest BCUT2D eigenvalue weighted by Gasteiger charge is -2.09. The van der Waals surface area contributed by atoms with Crippen LogP contribution in [0.15, 0.2) is 18.2 Å². The topological polar surface area (TPSA) is 62.3 Å². The van der Waals surface area contributed by atoms with Gasteiger partial charge in [-0.1, -0.05) is 6.92 Å². The summed E-state index contributed by atoms with van der Waals surface area (Å²) in [6, 6.07) is 5.68. The third-order valence-corrected chi connectivity index (χ3v) is 3.21. The van der Waals surface area contributed by atoms with Crippen LogP contribution in [0.4, 0.5) is 5.82 Å². The van der Waals surface area contributed by atoms with Crippen molar-refractivity contribution >= 4 is 5.82 Å². The van der Waals surface area contributed by atoms with E-state index >= 15 is 0 Å². The zero-order valence-electron chi connectivity index (χ0n) is 11.7. The van der Waals surface area contributed by atoms with Gasteiger partial charge in [-0.15, -0.1) is 0 Å². The molecule has 19 heavy (non-hydrogen) atoms. The monoisotopic (exact) mass is 261 g/mol. The minimum Gasteiger partial charge on any atom is -0.497 e. The van der Waals surface area contributed by atoms with Crippen LogP contribution >= 0.6 is 0 Å². The summed E-state index contributed by atoms with van der Waals surface area (Å²) in [4.78, 5) is 0. The Morgan fingerprint density at radius 3 is 2.58 bits per heavy atom. The van der Waals surface area contributed by atoms with Gasteiger partial charge in [-0.2, -0.15) is 5.10 Å². The smallest absolute Gasteiger partial charge is 0.132 e. The molecule has 102 valence electrons. The molecule has 2 rings (SSSR count). The molecule has 0 saturated carbocycles. The molecule has 5 nitrogen and oxygen atoms in total. The first-order chi connectivity index (χ1) is 9.12. The number of benzene rings is 1. The molecule has 0 bridgehead atoms. The Bertz CT molecular complexity index is 591. The number of methoxy groups -OCH3 is 2. The number of hydrogen-bond acceptors (Lipinski definition) is 4. The molecule has 0 radical (unpaired) electrons. The van der Waals surface area contributed by atoms with Crippen molar-refractivity contribution in [3.63, 3.8) is 0 Å². The number of nitrogens with zero attached hydrogens (tertiary/aromatic N) is 2. The molecule has 0 aliphatic rings. The van der Waals surface area contributed by atoms with E-state index in [0.29, 0.717) is 5.82 Å². The fraction of sp³-hybridized carbons (Fsp3) is 0.357. The highest BCUT2D eigenvalue weighted by atomic mass is 16.5. The fourth-order valence-corrected chi connectivity index (χ4v) is 2.14. The number of aryl methyl sites for hydroxylation is 1. The van der Waals surface area contributed by atoms with Crippen molar-refractivity contribution in [2.24, 2.45) is 7.05 Å². The summed E-state index contributed by atoms with van der Waals surface area (Å²) >= 11 is 0. The second-order valence-corrected chi connectivity index (χ2v) is 4.26. The van der Waals surface area contributed by atoms with Gasteiger partial charge in [0.2, 0.25) is 0 Å². The third kappa shape index (κ3) is 2.23. The molecule has 5 heteroatoms. The van der Waals surface area contributed by atoms with Gasteiger partial charge in [0.25, 0.3) is 0 Å². The molecular formula is C14H19N3O2. The standard InChI is InChI=1S/C14H19N3O2/c1-5-10-13(16-17(2)14(10)15)11-7-6-9(18-3)8-12(11)19-4/h6-8H,5,15H2,1-4H3. The van der Waals surface area contributed by atoms with Gasteiger partial charge in [-0.3, -0.25) is 4.68 Å². The van der Waals surface area contributed by atoms with E-state index in [4.69, 9.17) is 15.2 Å². The lowest BCUT2D eigenvalue weighted by atomic mass is 10.0. The highest BCUT2D eigenvalue weighted by Crippen LogP contribution is 2.36. The number of nitrogen functional groups attached to an aromatic ring is 1. The van der Waals surface area contributed by atoms with Crippen molar-refractivity contribution in [2.45, 2.75) is 13.3 Å². The van der Waals surface area contributed by atoms with Gasteiger partial charge in [0.15, 0.2) is 0 Å². The van der Waals surface area contributed by atoms with E-state index in [1.54, 1.807) is 18.9 Å². The van der Waals surface area contributed by atoms with Crippen LogP contribution in [0.25, 0.3) is 11.3 Å². The third-order valence-electron chi connectivity index (χ3n) is 3.21. The molecule has 0 amide bonds. The van der Waals surface area contributed by atoms with E-state index in [1.165, 1.54) is 0 Å². The number of anilines is 1.